The maximum Gasteiger partial charge on any atom is 0.225 e. The van der Waals surface area contributed by atoms with Gasteiger partial charge in [-0.2, -0.15) is 0 Å². The number of ether oxygens (including phenoxy) is 1. The third-order valence-corrected chi connectivity index (χ3v) is 2.29. The molecule has 1 amide bonds. The van der Waals surface area contributed by atoms with Gasteiger partial charge in [-0.1, -0.05) is 20.8 Å². The quantitative estimate of drug-likeness (QED) is 0.355. The minimum atomic E-state index is -0.350. The maximum atomic E-state index is 11.6. The predicted octanol–water partition coefficient (Wildman–Crippen LogP) is 0.350. The molecule has 0 radical (unpaired) electrons. The van der Waals surface area contributed by atoms with Gasteiger partial charge >= 0.3 is 0 Å². The molecule has 0 aromatic heterocycles. The Morgan fingerprint density at radius 2 is 1.79 bits per heavy atom. The summed E-state index contributed by atoms with van der Waals surface area (Å²) in [6.07, 6.45) is 0. The summed E-state index contributed by atoms with van der Waals surface area (Å²) in [4.78, 5) is 16.0. The van der Waals surface area contributed by atoms with Crippen molar-refractivity contribution >= 4 is 11.9 Å². The van der Waals surface area contributed by atoms with E-state index < -0.39 is 0 Å². The lowest BCUT2D eigenvalue weighted by atomic mass is 9.96. The highest BCUT2D eigenvalue weighted by atomic mass is 16.5. The number of aliphatic imine (C=N–C) groups is 1. The largest absolute Gasteiger partial charge is 0.383 e. The topological polar surface area (TPSA) is 74.8 Å². The van der Waals surface area contributed by atoms with E-state index in [1.807, 2.05) is 27.7 Å². The molecular weight excluding hydrogens is 244 g/mol. The Labute approximate surface area is 116 Å². The summed E-state index contributed by atoms with van der Waals surface area (Å²) in [5.74, 6) is 0.792. The Kier molecular flexibility index (Phi) is 8.95. The third kappa shape index (κ3) is 9.30. The molecular formula is C13H28N4O2. The van der Waals surface area contributed by atoms with Gasteiger partial charge < -0.3 is 20.7 Å². The van der Waals surface area contributed by atoms with E-state index in [1.54, 1.807) is 7.11 Å². The van der Waals surface area contributed by atoms with Crippen LogP contribution in [0.4, 0.5) is 0 Å². The minimum absolute atomic E-state index is 0.0515. The zero-order valence-corrected chi connectivity index (χ0v) is 12.8. The molecule has 0 aliphatic rings. The Hall–Kier alpha value is -1.30. The summed E-state index contributed by atoms with van der Waals surface area (Å²) < 4.78 is 4.95. The number of hydrogen-bond donors (Lipinski definition) is 3. The van der Waals surface area contributed by atoms with E-state index in [2.05, 4.69) is 20.9 Å². The van der Waals surface area contributed by atoms with Crippen LogP contribution in [0.25, 0.3) is 0 Å². The molecule has 0 aliphatic heterocycles. The van der Waals surface area contributed by atoms with Crippen molar-refractivity contribution in [2.24, 2.45) is 10.4 Å². The van der Waals surface area contributed by atoms with Crippen molar-refractivity contribution in [3.05, 3.63) is 0 Å². The maximum absolute atomic E-state index is 11.6. The van der Waals surface area contributed by atoms with Crippen LogP contribution >= 0.6 is 0 Å². The number of rotatable bonds is 7. The second-order valence-corrected chi connectivity index (χ2v) is 5.19. The first-order chi connectivity index (χ1) is 8.91. The fraction of sp³-hybridized carbons (Fsp3) is 0.846. The highest BCUT2D eigenvalue weighted by Crippen LogP contribution is 2.11. The van der Waals surface area contributed by atoms with Gasteiger partial charge in [-0.3, -0.25) is 9.79 Å². The van der Waals surface area contributed by atoms with E-state index in [4.69, 9.17) is 4.74 Å². The number of nitrogens with one attached hydrogen (secondary N) is 3. The van der Waals surface area contributed by atoms with Gasteiger partial charge in [0.2, 0.25) is 5.91 Å². The number of nitrogens with zero attached hydrogens (tertiary/aromatic N) is 1. The molecule has 0 aromatic rings. The number of amides is 1. The van der Waals surface area contributed by atoms with E-state index in [9.17, 15) is 4.79 Å². The van der Waals surface area contributed by atoms with Gasteiger partial charge in [0.05, 0.1) is 13.2 Å². The van der Waals surface area contributed by atoms with Crippen LogP contribution in [0.15, 0.2) is 4.99 Å². The molecule has 3 N–H and O–H groups in total. The van der Waals surface area contributed by atoms with Crippen molar-refractivity contribution in [1.82, 2.24) is 16.0 Å². The second-order valence-electron chi connectivity index (χ2n) is 5.19. The molecule has 0 atom stereocenters. The van der Waals surface area contributed by atoms with Crippen molar-refractivity contribution in [2.45, 2.75) is 27.7 Å². The van der Waals surface area contributed by atoms with Crippen molar-refractivity contribution < 1.29 is 9.53 Å². The highest BCUT2D eigenvalue weighted by molar-refractivity contribution is 5.81. The Bertz CT molecular complexity index is 285. The van der Waals surface area contributed by atoms with Gasteiger partial charge in [0.15, 0.2) is 5.96 Å². The summed E-state index contributed by atoms with van der Waals surface area (Å²) in [7, 11) is 1.65. The molecule has 0 unspecified atom stereocenters. The zero-order valence-electron chi connectivity index (χ0n) is 12.8. The SMILES string of the molecule is CCNC(=NCCOC)NCCNC(=O)C(C)(C)C. The normalized spacial score (nSPS) is 12.2. The van der Waals surface area contributed by atoms with Gasteiger partial charge in [0.1, 0.15) is 0 Å². The van der Waals surface area contributed by atoms with E-state index in [1.165, 1.54) is 0 Å². The van der Waals surface area contributed by atoms with Gasteiger partial charge in [0, 0.05) is 32.2 Å². The van der Waals surface area contributed by atoms with Crippen LogP contribution in [0.3, 0.4) is 0 Å². The van der Waals surface area contributed by atoms with Crippen molar-refractivity contribution in [3.63, 3.8) is 0 Å². The number of carbonyl (C=O) groups is 1. The number of hydrogen-bond acceptors (Lipinski definition) is 3. The monoisotopic (exact) mass is 272 g/mol. The molecule has 0 aliphatic carbocycles. The summed E-state index contributed by atoms with van der Waals surface area (Å²) in [6, 6.07) is 0. The van der Waals surface area contributed by atoms with Crippen molar-refractivity contribution in [2.75, 3.05) is 39.9 Å². The summed E-state index contributed by atoms with van der Waals surface area (Å²) in [5, 5.41) is 9.16. The molecule has 0 saturated heterocycles. The molecule has 0 saturated carbocycles. The van der Waals surface area contributed by atoms with Gasteiger partial charge in [-0.25, -0.2) is 0 Å². The predicted molar refractivity (Wildman–Crippen MR) is 78.3 cm³/mol. The lowest BCUT2D eigenvalue weighted by Crippen LogP contribution is -2.43. The molecule has 19 heavy (non-hydrogen) atoms. The molecule has 0 bridgehead atoms. The lowest BCUT2D eigenvalue weighted by Gasteiger charge is -2.18. The number of guanidine groups is 1. The van der Waals surface area contributed by atoms with Crippen molar-refractivity contribution in [3.8, 4) is 0 Å². The average Bonchev–Trinajstić information content (AvgIpc) is 2.33. The molecule has 0 aromatic carbocycles. The van der Waals surface area contributed by atoms with Crippen LogP contribution in [-0.2, 0) is 9.53 Å². The van der Waals surface area contributed by atoms with Gasteiger partial charge in [0.25, 0.3) is 0 Å². The van der Waals surface area contributed by atoms with Crippen LogP contribution in [0, 0.1) is 5.41 Å². The van der Waals surface area contributed by atoms with E-state index in [-0.39, 0.29) is 11.3 Å². The first-order valence-corrected chi connectivity index (χ1v) is 6.71. The van der Waals surface area contributed by atoms with E-state index >= 15 is 0 Å². The van der Waals surface area contributed by atoms with E-state index in [0.29, 0.717) is 26.2 Å². The molecule has 0 spiro atoms. The average molecular weight is 272 g/mol. The van der Waals surface area contributed by atoms with Crippen molar-refractivity contribution in [1.29, 1.82) is 0 Å². The van der Waals surface area contributed by atoms with Crippen LogP contribution < -0.4 is 16.0 Å². The van der Waals surface area contributed by atoms with Crippen LogP contribution in [-0.4, -0.2) is 51.8 Å². The Morgan fingerprint density at radius 1 is 1.16 bits per heavy atom. The Balaban J connectivity index is 3.93. The lowest BCUT2D eigenvalue weighted by molar-refractivity contribution is -0.128. The summed E-state index contributed by atoms with van der Waals surface area (Å²) in [6.45, 7) is 10.9. The number of methoxy groups -OCH3 is 1. The molecule has 0 rings (SSSR count). The smallest absolute Gasteiger partial charge is 0.225 e. The molecule has 6 nitrogen and oxygen atoms in total. The highest BCUT2D eigenvalue weighted by Gasteiger charge is 2.20. The third-order valence-electron chi connectivity index (χ3n) is 2.29. The number of carbonyl (C=O) groups excluding carboxylic acids is 1. The van der Waals surface area contributed by atoms with E-state index in [0.717, 1.165) is 12.5 Å². The summed E-state index contributed by atoms with van der Waals surface area (Å²) >= 11 is 0. The molecule has 0 heterocycles. The summed E-state index contributed by atoms with van der Waals surface area (Å²) in [5.41, 5.74) is -0.350. The molecule has 112 valence electrons. The molecule has 6 heteroatoms. The fourth-order valence-electron chi connectivity index (χ4n) is 1.21. The minimum Gasteiger partial charge on any atom is -0.383 e. The first kappa shape index (κ1) is 17.7. The standard InChI is InChI=1S/C13H28N4O2/c1-6-14-12(17-9-10-19-5)16-8-7-15-11(18)13(2,3)4/h6-10H2,1-5H3,(H,15,18)(H2,14,16,17). The van der Waals surface area contributed by atoms with Gasteiger partial charge in [-0.15, -0.1) is 0 Å². The first-order valence-electron chi connectivity index (χ1n) is 6.71. The fourth-order valence-corrected chi connectivity index (χ4v) is 1.21. The van der Waals surface area contributed by atoms with Gasteiger partial charge in [-0.05, 0) is 6.92 Å². The molecule has 0 fully saturated rings. The van der Waals surface area contributed by atoms with Crippen LogP contribution in [0.2, 0.25) is 0 Å². The zero-order chi connectivity index (χ0) is 14.7. The van der Waals surface area contributed by atoms with Crippen LogP contribution in [0.1, 0.15) is 27.7 Å². The van der Waals surface area contributed by atoms with Crippen LogP contribution in [0.5, 0.6) is 0 Å². The Morgan fingerprint density at radius 3 is 2.32 bits per heavy atom. The second kappa shape index (κ2) is 9.61.